The summed E-state index contributed by atoms with van der Waals surface area (Å²) in [5.41, 5.74) is 3.38. The number of hydrogen-bond donors (Lipinski definition) is 1. The van der Waals surface area contributed by atoms with Gasteiger partial charge in [0.2, 0.25) is 0 Å². The Morgan fingerprint density at radius 2 is 2.00 bits per heavy atom. The number of nitrogens with one attached hydrogen (secondary N) is 1. The maximum atomic E-state index is 5.67. The van der Waals surface area contributed by atoms with Gasteiger partial charge < -0.3 is 14.5 Å². The zero-order chi connectivity index (χ0) is 15.4. The van der Waals surface area contributed by atoms with Gasteiger partial charge in [-0.15, -0.1) is 0 Å². The first kappa shape index (κ1) is 14.8. The summed E-state index contributed by atoms with van der Waals surface area (Å²) < 4.78 is 7.67. The molecule has 114 valence electrons. The van der Waals surface area contributed by atoms with Gasteiger partial charge in [0.15, 0.2) is 0 Å². The Hall–Kier alpha value is -2.17. The van der Waals surface area contributed by atoms with Crippen molar-refractivity contribution in [3.05, 3.63) is 72.2 Å². The first-order valence-corrected chi connectivity index (χ1v) is 7.50. The predicted octanol–water partition coefficient (Wildman–Crippen LogP) is 3.20. The second-order valence-electron chi connectivity index (χ2n) is 5.46. The van der Waals surface area contributed by atoms with E-state index in [1.54, 1.807) is 7.11 Å². The van der Waals surface area contributed by atoms with Crippen molar-refractivity contribution in [2.75, 3.05) is 7.11 Å². The highest BCUT2D eigenvalue weighted by Gasteiger charge is 2.18. The lowest BCUT2D eigenvalue weighted by atomic mass is 10.0. The van der Waals surface area contributed by atoms with Crippen LogP contribution in [0.25, 0.3) is 5.65 Å². The highest BCUT2D eigenvalue weighted by molar-refractivity contribution is 5.41. The van der Waals surface area contributed by atoms with E-state index in [-0.39, 0.29) is 12.1 Å². The molecule has 1 N–H and O–H groups in total. The molecule has 2 atom stereocenters. The van der Waals surface area contributed by atoms with Crippen molar-refractivity contribution in [2.24, 2.45) is 0 Å². The number of methoxy groups -OCH3 is 1. The fraction of sp³-hybridized carbons (Fsp3) is 0.278. The molecule has 0 saturated heterocycles. The summed E-state index contributed by atoms with van der Waals surface area (Å²) in [6, 6.07) is 14.7. The Kier molecular flexibility index (Phi) is 4.51. The molecule has 0 bridgehead atoms. The molecule has 0 radical (unpaired) electrons. The second kappa shape index (κ2) is 6.73. The SMILES string of the molecule is COC(c1ccccc1)C(C)NCc1ccn2ccnc2c1. The lowest BCUT2D eigenvalue weighted by molar-refractivity contribution is 0.0730. The van der Waals surface area contributed by atoms with Crippen molar-refractivity contribution >= 4 is 5.65 Å². The van der Waals surface area contributed by atoms with E-state index in [4.69, 9.17) is 4.74 Å². The number of rotatable bonds is 6. The van der Waals surface area contributed by atoms with Gasteiger partial charge in [-0.2, -0.15) is 0 Å². The Bertz CT molecular complexity index is 723. The number of aromatic nitrogens is 2. The van der Waals surface area contributed by atoms with Crippen LogP contribution in [0.2, 0.25) is 0 Å². The van der Waals surface area contributed by atoms with E-state index in [1.807, 2.05) is 41.2 Å². The van der Waals surface area contributed by atoms with E-state index in [9.17, 15) is 0 Å². The summed E-state index contributed by atoms with van der Waals surface area (Å²) in [6.07, 6.45) is 5.84. The van der Waals surface area contributed by atoms with Gasteiger partial charge in [0, 0.05) is 38.3 Å². The van der Waals surface area contributed by atoms with Crippen molar-refractivity contribution in [1.82, 2.24) is 14.7 Å². The highest BCUT2D eigenvalue weighted by Crippen LogP contribution is 2.20. The third-order valence-electron chi connectivity index (χ3n) is 3.93. The summed E-state index contributed by atoms with van der Waals surface area (Å²) in [5, 5.41) is 3.54. The standard InChI is InChI=1S/C18H21N3O/c1-14(18(22-2)16-6-4-3-5-7-16)20-13-15-8-10-21-11-9-19-17(21)12-15/h3-12,14,18,20H,13H2,1-2H3. The van der Waals surface area contributed by atoms with Crippen LogP contribution in [-0.4, -0.2) is 22.5 Å². The summed E-state index contributed by atoms with van der Waals surface area (Å²) in [7, 11) is 1.76. The zero-order valence-corrected chi connectivity index (χ0v) is 12.9. The van der Waals surface area contributed by atoms with Crippen molar-refractivity contribution in [3.63, 3.8) is 0 Å². The van der Waals surface area contributed by atoms with E-state index in [2.05, 4.69) is 41.5 Å². The minimum absolute atomic E-state index is 0.0383. The molecule has 0 spiro atoms. The summed E-state index contributed by atoms with van der Waals surface area (Å²) >= 11 is 0. The number of imidazole rings is 1. The van der Waals surface area contributed by atoms with Gasteiger partial charge in [0.05, 0.1) is 6.10 Å². The number of nitrogens with zero attached hydrogens (tertiary/aromatic N) is 2. The van der Waals surface area contributed by atoms with Crippen molar-refractivity contribution in [3.8, 4) is 0 Å². The Balaban J connectivity index is 1.66. The molecule has 0 aliphatic heterocycles. The molecule has 1 aromatic carbocycles. The van der Waals surface area contributed by atoms with Crippen LogP contribution < -0.4 is 5.32 Å². The van der Waals surface area contributed by atoms with Crippen molar-refractivity contribution in [1.29, 1.82) is 0 Å². The minimum Gasteiger partial charge on any atom is -0.375 e. The van der Waals surface area contributed by atoms with Crippen LogP contribution in [0.5, 0.6) is 0 Å². The van der Waals surface area contributed by atoms with E-state index >= 15 is 0 Å². The summed E-state index contributed by atoms with van der Waals surface area (Å²) in [6.45, 7) is 2.94. The Labute approximate surface area is 130 Å². The molecular weight excluding hydrogens is 274 g/mol. The Morgan fingerprint density at radius 3 is 2.77 bits per heavy atom. The third-order valence-corrected chi connectivity index (χ3v) is 3.93. The van der Waals surface area contributed by atoms with Crippen LogP contribution in [0.3, 0.4) is 0 Å². The number of benzene rings is 1. The molecule has 4 nitrogen and oxygen atoms in total. The molecule has 0 aliphatic carbocycles. The van der Waals surface area contributed by atoms with Gasteiger partial charge in [0.1, 0.15) is 5.65 Å². The molecule has 0 saturated carbocycles. The fourth-order valence-corrected chi connectivity index (χ4v) is 2.72. The normalized spacial score (nSPS) is 14.1. The van der Waals surface area contributed by atoms with Gasteiger partial charge in [0.25, 0.3) is 0 Å². The quantitative estimate of drug-likeness (QED) is 0.759. The number of ether oxygens (including phenoxy) is 1. The van der Waals surface area contributed by atoms with Crippen molar-refractivity contribution in [2.45, 2.75) is 25.6 Å². The summed E-state index contributed by atoms with van der Waals surface area (Å²) in [5.74, 6) is 0. The molecule has 0 amide bonds. The molecule has 0 aliphatic rings. The van der Waals surface area contributed by atoms with Crippen molar-refractivity contribution < 1.29 is 4.74 Å². The number of pyridine rings is 1. The molecule has 22 heavy (non-hydrogen) atoms. The number of hydrogen-bond acceptors (Lipinski definition) is 3. The molecule has 3 rings (SSSR count). The van der Waals surface area contributed by atoms with Gasteiger partial charge in [-0.3, -0.25) is 0 Å². The van der Waals surface area contributed by atoms with Crippen LogP contribution >= 0.6 is 0 Å². The van der Waals surface area contributed by atoms with Crippen LogP contribution in [0.4, 0.5) is 0 Å². The molecule has 0 fully saturated rings. The molecule has 3 aromatic rings. The van der Waals surface area contributed by atoms with Gasteiger partial charge >= 0.3 is 0 Å². The number of fused-ring (bicyclic) bond motifs is 1. The van der Waals surface area contributed by atoms with Gasteiger partial charge in [-0.25, -0.2) is 4.98 Å². The fourth-order valence-electron chi connectivity index (χ4n) is 2.72. The van der Waals surface area contributed by atoms with E-state index in [0.717, 1.165) is 12.2 Å². The molecular formula is C18H21N3O. The van der Waals surface area contributed by atoms with Gasteiger partial charge in [-0.1, -0.05) is 30.3 Å². The summed E-state index contributed by atoms with van der Waals surface area (Å²) in [4.78, 5) is 4.32. The maximum Gasteiger partial charge on any atom is 0.136 e. The largest absolute Gasteiger partial charge is 0.375 e. The van der Waals surface area contributed by atoms with E-state index in [1.165, 1.54) is 11.1 Å². The lowest BCUT2D eigenvalue weighted by Gasteiger charge is -2.24. The maximum absolute atomic E-state index is 5.67. The topological polar surface area (TPSA) is 38.6 Å². The van der Waals surface area contributed by atoms with Crippen LogP contribution in [-0.2, 0) is 11.3 Å². The van der Waals surface area contributed by atoms with E-state index in [0.29, 0.717) is 0 Å². The van der Waals surface area contributed by atoms with Crippen LogP contribution in [0.1, 0.15) is 24.2 Å². The Morgan fingerprint density at radius 1 is 1.18 bits per heavy atom. The minimum atomic E-state index is 0.0383. The first-order chi connectivity index (χ1) is 10.8. The molecule has 4 heteroatoms. The van der Waals surface area contributed by atoms with E-state index < -0.39 is 0 Å². The molecule has 2 heterocycles. The zero-order valence-electron chi connectivity index (χ0n) is 12.9. The second-order valence-corrected chi connectivity index (χ2v) is 5.46. The van der Waals surface area contributed by atoms with Gasteiger partial charge in [-0.05, 0) is 30.2 Å². The van der Waals surface area contributed by atoms with Crippen LogP contribution in [0.15, 0.2) is 61.1 Å². The average molecular weight is 295 g/mol. The smallest absolute Gasteiger partial charge is 0.136 e. The lowest BCUT2D eigenvalue weighted by Crippen LogP contribution is -2.32. The average Bonchev–Trinajstić information content (AvgIpc) is 3.02. The predicted molar refractivity (Wildman–Crippen MR) is 87.7 cm³/mol. The first-order valence-electron chi connectivity index (χ1n) is 7.50. The third kappa shape index (κ3) is 3.18. The monoisotopic (exact) mass is 295 g/mol. The van der Waals surface area contributed by atoms with Crippen LogP contribution in [0, 0.1) is 0 Å². The highest BCUT2D eigenvalue weighted by atomic mass is 16.5. The molecule has 2 unspecified atom stereocenters. The molecule has 2 aromatic heterocycles.